The van der Waals surface area contributed by atoms with E-state index in [0.717, 1.165) is 12.8 Å². The quantitative estimate of drug-likeness (QED) is 0.318. The van der Waals surface area contributed by atoms with E-state index < -0.39 is 46.4 Å². The van der Waals surface area contributed by atoms with Crippen molar-refractivity contribution in [3.8, 4) is 0 Å². The van der Waals surface area contributed by atoms with Crippen molar-refractivity contribution in [2.75, 3.05) is 38.2 Å². The number of benzene rings is 1. The maximum atomic E-state index is 13.2. The number of carbonyl (C=O) groups is 4. The molecule has 0 radical (unpaired) electrons. The molecule has 2 aliphatic rings. The average Bonchev–Trinajstić information content (AvgIpc) is 3.43. The molecule has 2 aliphatic heterocycles. The highest BCUT2D eigenvalue weighted by atomic mass is 32.2. The van der Waals surface area contributed by atoms with Gasteiger partial charge in [0.05, 0.1) is 29.3 Å². The lowest BCUT2D eigenvalue weighted by molar-refractivity contribution is -0.153. The van der Waals surface area contributed by atoms with Crippen LogP contribution in [0.2, 0.25) is 0 Å². The molecule has 39 heavy (non-hydrogen) atoms. The lowest BCUT2D eigenvalue weighted by Crippen LogP contribution is -2.39. The number of anilines is 1. The van der Waals surface area contributed by atoms with E-state index >= 15 is 0 Å². The summed E-state index contributed by atoms with van der Waals surface area (Å²) in [4.78, 5) is 51.2. The van der Waals surface area contributed by atoms with Gasteiger partial charge in [-0.25, -0.2) is 18.0 Å². The van der Waals surface area contributed by atoms with E-state index in [1.807, 2.05) is 0 Å². The van der Waals surface area contributed by atoms with Gasteiger partial charge in [0.2, 0.25) is 10.0 Å². The summed E-state index contributed by atoms with van der Waals surface area (Å²) in [5.41, 5.74) is 0.657. The van der Waals surface area contributed by atoms with Gasteiger partial charge >= 0.3 is 17.9 Å². The van der Waals surface area contributed by atoms with Crippen LogP contribution in [0.3, 0.4) is 0 Å². The Bertz CT molecular complexity index is 1250. The highest BCUT2D eigenvalue weighted by Gasteiger charge is 2.42. The third-order valence-corrected chi connectivity index (χ3v) is 8.09. The summed E-state index contributed by atoms with van der Waals surface area (Å²) in [5, 5.41) is 5.43. The number of nitrogens with zero attached hydrogens (tertiary/aromatic N) is 1. The molecule has 1 aromatic rings. The lowest BCUT2D eigenvalue weighted by atomic mass is 9.85. The van der Waals surface area contributed by atoms with Crippen LogP contribution in [0.5, 0.6) is 0 Å². The first-order chi connectivity index (χ1) is 18.5. The molecule has 13 heteroatoms. The number of carbonyl (C=O) groups excluding carboxylic acids is 4. The summed E-state index contributed by atoms with van der Waals surface area (Å²) >= 11 is 0. The molecule has 0 atom stereocenters. The molecular formula is C26H33N3O9S. The maximum absolute atomic E-state index is 13.2. The Balaban J connectivity index is 1.72. The Hall–Kier alpha value is -3.71. The summed E-state index contributed by atoms with van der Waals surface area (Å²) < 4.78 is 42.1. The first kappa shape index (κ1) is 29.8. The molecule has 12 nitrogen and oxygen atoms in total. The SMILES string of the molecule is CCOC(=O)C1=C(C)NC(C)=C(C(=O)OCC)C1C(=O)OCC(=O)Nc1ccc(S(=O)(=O)N2CCCC2)cc1. The maximum Gasteiger partial charge on any atom is 0.337 e. The molecule has 1 amide bonds. The zero-order chi connectivity index (χ0) is 28.7. The topological polar surface area (TPSA) is 157 Å². The standard InChI is InChI=1S/C26H33N3O9S/c1-5-36-24(31)21-16(3)27-17(4)22(25(32)37-6-2)23(21)26(33)38-15-20(30)28-18-9-11-19(12-10-18)39(34,35)29-13-7-8-14-29/h9-12,23,27H,5-8,13-15H2,1-4H3,(H,28,30). The van der Waals surface area contributed by atoms with Gasteiger partial charge in [-0.3, -0.25) is 9.59 Å². The average molecular weight is 564 g/mol. The minimum Gasteiger partial charge on any atom is -0.463 e. The molecule has 0 aromatic heterocycles. The molecule has 0 bridgehead atoms. The van der Waals surface area contributed by atoms with Crippen molar-refractivity contribution in [3.63, 3.8) is 0 Å². The largest absolute Gasteiger partial charge is 0.463 e. The van der Waals surface area contributed by atoms with Crippen LogP contribution in [0.4, 0.5) is 5.69 Å². The van der Waals surface area contributed by atoms with Crippen molar-refractivity contribution in [1.29, 1.82) is 0 Å². The second-order valence-corrected chi connectivity index (χ2v) is 10.8. The van der Waals surface area contributed by atoms with Gasteiger partial charge in [0.25, 0.3) is 5.91 Å². The van der Waals surface area contributed by atoms with Gasteiger partial charge in [-0.1, -0.05) is 0 Å². The molecule has 0 saturated carbocycles. The molecule has 2 heterocycles. The zero-order valence-corrected chi connectivity index (χ0v) is 23.2. The van der Waals surface area contributed by atoms with E-state index in [4.69, 9.17) is 14.2 Å². The van der Waals surface area contributed by atoms with Crippen LogP contribution < -0.4 is 10.6 Å². The normalized spacial score (nSPS) is 16.5. The van der Waals surface area contributed by atoms with E-state index in [1.165, 1.54) is 28.6 Å². The smallest absolute Gasteiger partial charge is 0.337 e. The number of allylic oxidation sites excluding steroid dienone is 2. The number of rotatable bonds is 10. The van der Waals surface area contributed by atoms with Gasteiger partial charge in [0.15, 0.2) is 6.61 Å². The van der Waals surface area contributed by atoms with E-state index in [1.54, 1.807) is 27.7 Å². The van der Waals surface area contributed by atoms with Crippen LogP contribution >= 0.6 is 0 Å². The van der Waals surface area contributed by atoms with Gasteiger partial charge < -0.3 is 24.8 Å². The number of esters is 3. The minimum absolute atomic E-state index is 0.0370. The van der Waals surface area contributed by atoms with Crippen molar-refractivity contribution in [2.45, 2.75) is 45.4 Å². The van der Waals surface area contributed by atoms with Gasteiger partial charge in [-0.05, 0) is 64.8 Å². The van der Waals surface area contributed by atoms with Gasteiger partial charge in [-0.15, -0.1) is 0 Å². The zero-order valence-electron chi connectivity index (χ0n) is 22.4. The Morgan fingerprint density at radius 1 is 0.897 bits per heavy atom. The number of amides is 1. The van der Waals surface area contributed by atoms with Crippen LogP contribution in [-0.4, -0.2) is 69.4 Å². The van der Waals surface area contributed by atoms with Gasteiger partial charge in [-0.2, -0.15) is 4.31 Å². The molecule has 2 N–H and O–H groups in total. The van der Waals surface area contributed by atoms with Crippen molar-refractivity contribution in [3.05, 3.63) is 46.8 Å². The van der Waals surface area contributed by atoms with Crippen molar-refractivity contribution in [1.82, 2.24) is 9.62 Å². The summed E-state index contributed by atoms with van der Waals surface area (Å²) in [7, 11) is -3.60. The first-order valence-corrected chi connectivity index (χ1v) is 14.0. The second-order valence-electron chi connectivity index (χ2n) is 8.87. The molecule has 212 valence electrons. The van der Waals surface area contributed by atoms with Crippen molar-refractivity contribution < 1.29 is 41.8 Å². The van der Waals surface area contributed by atoms with Gasteiger partial charge in [0.1, 0.15) is 5.92 Å². The van der Waals surface area contributed by atoms with Crippen LogP contribution in [0, 0.1) is 5.92 Å². The summed E-state index contributed by atoms with van der Waals surface area (Å²) in [6, 6.07) is 5.65. The van der Waals surface area contributed by atoms with E-state index in [9.17, 15) is 27.6 Å². The number of hydrogen-bond acceptors (Lipinski definition) is 10. The highest BCUT2D eigenvalue weighted by Crippen LogP contribution is 2.32. The van der Waals surface area contributed by atoms with Gasteiger partial charge in [0, 0.05) is 30.2 Å². The number of dihydropyridines is 1. The van der Waals surface area contributed by atoms with E-state index in [0.29, 0.717) is 30.2 Å². The molecule has 0 unspecified atom stereocenters. The fourth-order valence-electron chi connectivity index (χ4n) is 4.39. The molecule has 0 aliphatic carbocycles. The molecule has 3 rings (SSSR count). The third-order valence-electron chi connectivity index (χ3n) is 6.17. The summed E-state index contributed by atoms with van der Waals surface area (Å²) in [5.74, 6) is -4.81. The Labute approximate surface area is 227 Å². The molecule has 1 aromatic carbocycles. The second kappa shape index (κ2) is 12.9. The predicted molar refractivity (Wildman–Crippen MR) is 139 cm³/mol. The molecule has 1 fully saturated rings. The van der Waals surface area contributed by atoms with Crippen LogP contribution in [0.1, 0.15) is 40.5 Å². The minimum atomic E-state index is -3.60. The van der Waals surface area contributed by atoms with E-state index in [-0.39, 0.29) is 29.3 Å². The van der Waals surface area contributed by atoms with E-state index in [2.05, 4.69) is 10.6 Å². The highest BCUT2D eigenvalue weighted by molar-refractivity contribution is 7.89. The Morgan fingerprint density at radius 3 is 1.90 bits per heavy atom. The number of ether oxygens (including phenoxy) is 3. The Kier molecular flexibility index (Phi) is 9.86. The molecular weight excluding hydrogens is 530 g/mol. The monoisotopic (exact) mass is 563 g/mol. The first-order valence-electron chi connectivity index (χ1n) is 12.6. The van der Waals surface area contributed by atoms with Crippen molar-refractivity contribution >= 4 is 39.5 Å². The van der Waals surface area contributed by atoms with Crippen LogP contribution in [0.15, 0.2) is 51.7 Å². The summed E-state index contributed by atoms with van der Waals surface area (Å²) in [6.07, 6.45) is 1.63. The van der Waals surface area contributed by atoms with Crippen LogP contribution in [-0.2, 0) is 43.4 Å². The lowest BCUT2D eigenvalue weighted by Gasteiger charge is -2.28. The fraction of sp³-hybridized carbons (Fsp3) is 0.462. The number of hydrogen-bond donors (Lipinski definition) is 2. The number of nitrogens with one attached hydrogen (secondary N) is 2. The molecule has 1 saturated heterocycles. The summed E-state index contributed by atoms with van der Waals surface area (Å²) in [6.45, 7) is 6.61. The van der Waals surface area contributed by atoms with Crippen LogP contribution in [0.25, 0.3) is 0 Å². The fourth-order valence-corrected chi connectivity index (χ4v) is 5.91. The molecule has 0 spiro atoms. The number of sulfonamides is 1. The third kappa shape index (κ3) is 6.84. The van der Waals surface area contributed by atoms with Crippen molar-refractivity contribution in [2.24, 2.45) is 5.92 Å². The predicted octanol–water partition coefficient (Wildman–Crippen LogP) is 1.85. The Morgan fingerprint density at radius 2 is 1.41 bits per heavy atom.